The number of rotatable bonds is 5. The molecule has 5 heteroatoms. The van der Waals surface area contributed by atoms with E-state index in [1.807, 2.05) is 54.8 Å². The average molecular weight is 342 g/mol. The molecule has 0 saturated carbocycles. The summed E-state index contributed by atoms with van der Waals surface area (Å²) in [6.07, 6.45) is 0.823. The van der Waals surface area contributed by atoms with Gasteiger partial charge in [0.05, 0.1) is 5.69 Å². The van der Waals surface area contributed by atoms with Gasteiger partial charge in [-0.1, -0.05) is 54.1 Å². The van der Waals surface area contributed by atoms with Crippen LogP contribution in [-0.2, 0) is 6.42 Å². The van der Waals surface area contributed by atoms with Crippen molar-refractivity contribution in [1.82, 2.24) is 4.98 Å². The Balaban J connectivity index is 1.64. The largest absolute Gasteiger partial charge is 0.253 e. The molecule has 3 aromatic rings. The van der Waals surface area contributed by atoms with E-state index in [0.717, 1.165) is 33.5 Å². The van der Waals surface area contributed by atoms with Crippen LogP contribution in [0.5, 0.6) is 0 Å². The highest BCUT2D eigenvalue weighted by Gasteiger charge is 2.04. The lowest BCUT2D eigenvalue weighted by molar-refractivity contribution is 1.22. The van der Waals surface area contributed by atoms with Crippen molar-refractivity contribution >= 4 is 33.8 Å². The fraction of sp³-hybridized carbons (Fsp3) is 0.111. The topological polar surface area (TPSA) is 37.3 Å². The summed E-state index contributed by atoms with van der Waals surface area (Å²) in [5.41, 5.74) is 7.26. The third kappa shape index (κ3) is 4.41. The van der Waals surface area contributed by atoms with Crippen molar-refractivity contribution in [3.05, 3.63) is 70.6 Å². The van der Waals surface area contributed by atoms with Gasteiger partial charge in [-0.05, 0) is 24.6 Å². The van der Waals surface area contributed by atoms with E-state index in [9.17, 15) is 0 Å². The smallest absolute Gasteiger partial charge is 0.203 e. The maximum absolute atomic E-state index is 5.91. The molecule has 1 N–H and O–H groups in total. The summed E-state index contributed by atoms with van der Waals surface area (Å²) < 4.78 is 0. The van der Waals surface area contributed by atoms with Gasteiger partial charge in [0, 0.05) is 28.1 Å². The van der Waals surface area contributed by atoms with Crippen LogP contribution in [0.25, 0.3) is 11.3 Å². The number of nitrogens with one attached hydrogen (secondary N) is 1. The molecular weight excluding hydrogens is 326 g/mol. The third-order valence-electron chi connectivity index (χ3n) is 3.29. The highest BCUT2D eigenvalue weighted by atomic mass is 35.5. The summed E-state index contributed by atoms with van der Waals surface area (Å²) >= 11 is 7.44. The van der Waals surface area contributed by atoms with Crippen molar-refractivity contribution in [1.29, 1.82) is 0 Å². The van der Waals surface area contributed by atoms with Gasteiger partial charge in [0.1, 0.15) is 0 Å². The molecule has 0 aliphatic rings. The molecule has 2 aromatic carbocycles. The first-order valence-electron chi connectivity index (χ1n) is 7.25. The van der Waals surface area contributed by atoms with Crippen molar-refractivity contribution < 1.29 is 0 Å². The van der Waals surface area contributed by atoms with Crippen LogP contribution in [0.2, 0.25) is 5.02 Å². The number of benzene rings is 2. The maximum atomic E-state index is 5.91. The zero-order valence-corrected chi connectivity index (χ0v) is 14.2. The monoisotopic (exact) mass is 341 g/mol. The second kappa shape index (κ2) is 7.40. The van der Waals surface area contributed by atoms with Crippen molar-refractivity contribution in [3.8, 4) is 11.3 Å². The zero-order chi connectivity index (χ0) is 16.1. The predicted molar refractivity (Wildman–Crippen MR) is 99.4 cm³/mol. The van der Waals surface area contributed by atoms with Crippen molar-refractivity contribution in [3.63, 3.8) is 0 Å². The van der Waals surface area contributed by atoms with E-state index in [1.165, 1.54) is 16.9 Å². The first kappa shape index (κ1) is 15.7. The number of hydrogen-bond donors (Lipinski definition) is 1. The Hall–Kier alpha value is -2.17. The number of hydrogen-bond acceptors (Lipinski definition) is 4. The van der Waals surface area contributed by atoms with E-state index in [-0.39, 0.29) is 0 Å². The molecule has 0 unspecified atom stereocenters. The van der Waals surface area contributed by atoms with Gasteiger partial charge in [0.25, 0.3) is 0 Å². The van der Waals surface area contributed by atoms with Crippen molar-refractivity contribution in [2.45, 2.75) is 13.3 Å². The van der Waals surface area contributed by atoms with Crippen LogP contribution in [0, 0.1) is 0 Å². The number of aromatic nitrogens is 1. The summed E-state index contributed by atoms with van der Waals surface area (Å²) in [5, 5.41) is 7.92. The van der Waals surface area contributed by atoms with Gasteiger partial charge in [-0.2, -0.15) is 5.10 Å². The molecule has 3 rings (SSSR count). The summed E-state index contributed by atoms with van der Waals surface area (Å²) in [7, 11) is 0. The SMILES string of the molecule is CC(Cc1ccccc1)=NNc1nc(-c2ccc(Cl)cc2)cs1. The summed E-state index contributed by atoms with van der Waals surface area (Å²) in [4.78, 5) is 4.55. The van der Waals surface area contributed by atoms with Crippen molar-refractivity contribution in [2.24, 2.45) is 5.10 Å². The third-order valence-corrected chi connectivity index (χ3v) is 4.29. The molecule has 0 fully saturated rings. The van der Waals surface area contributed by atoms with Gasteiger partial charge in [-0.3, -0.25) is 5.43 Å². The molecule has 0 aliphatic carbocycles. The minimum atomic E-state index is 0.725. The van der Waals surface area contributed by atoms with Crippen LogP contribution >= 0.6 is 22.9 Å². The minimum Gasteiger partial charge on any atom is -0.253 e. The lowest BCUT2D eigenvalue weighted by Gasteiger charge is -2.01. The molecule has 3 nitrogen and oxygen atoms in total. The summed E-state index contributed by atoms with van der Waals surface area (Å²) in [6, 6.07) is 17.9. The Morgan fingerprint density at radius 2 is 1.87 bits per heavy atom. The van der Waals surface area contributed by atoms with Gasteiger partial charge in [0.15, 0.2) is 0 Å². The molecule has 0 saturated heterocycles. The number of nitrogens with zero attached hydrogens (tertiary/aromatic N) is 2. The first-order chi connectivity index (χ1) is 11.2. The van der Waals surface area contributed by atoms with E-state index >= 15 is 0 Å². The number of halogens is 1. The molecule has 0 bridgehead atoms. The van der Waals surface area contributed by atoms with Gasteiger partial charge >= 0.3 is 0 Å². The Morgan fingerprint density at radius 1 is 1.13 bits per heavy atom. The first-order valence-corrected chi connectivity index (χ1v) is 8.51. The molecule has 0 spiro atoms. The van der Waals surface area contributed by atoms with Crippen LogP contribution in [0.15, 0.2) is 65.1 Å². The van der Waals surface area contributed by atoms with E-state index in [0.29, 0.717) is 0 Å². The number of hydrazone groups is 1. The van der Waals surface area contributed by atoms with Crippen LogP contribution < -0.4 is 5.43 Å². The van der Waals surface area contributed by atoms with E-state index in [1.54, 1.807) is 0 Å². The van der Waals surface area contributed by atoms with E-state index in [2.05, 4.69) is 27.6 Å². The second-order valence-corrected chi connectivity index (χ2v) is 6.46. The van der Waals surface area contributed by atoms with Gasteiger partial charge in [0.2, 0.25) is 5.13 Å². The average Bonchev–Trinajstić information content (AvgIpc) is 3.04. The van der Waals surface area contributed by atoms with Gasteiger partial charge in [-0.25, -0.2) is 4.98 Å². The normalized spacial score (nSPS) is 11.5. The molecular formula is C18H16ClN3S. The zero-order valence-electron chi connectivity index (χ0n) is 12.7. The van der Waals surface area contributed by atoms with E-state index < -0.39 is 0 Å². The fourth-order valence-electron chi connectivity index (χ4n) is 2.15. The maximum Gasteiger partial charge on any atom is 0.203 e. The predicted octanol–water partition coefficient (Wildman–Crippen LogP) is 5.49. The Kier molecular flexibility index (Phi) is 5.05. The molecule has 0 radical (unpaired) electrons. The fourth-order valence-corrected chi connectivity index (χ4v) is 2.94. The molecule has 23 heavy (non-hydrogen) atoms. The summed E-state index contributed by atoms with van der Waals surface area (Å²) in [6.45, 7) is 2.01. The number of thiazole rings is 1. The quantitative estimate of drug-likeness (QED) is 0.492. The molecule has 116 valence electrons. The standard InChI is InChI=1S/C18H16ClN3S/c1-13(11-14-5-3-2-4-6-14)21-22-18-20-17(12-23-18)15-7-9-16(19)10-8-15/h2-10,12H,11H2,1H3,(H,20,22). The van der Waals surface area contributed by atoms with E-state index in [4.69, 9.17) is 11.6 Å². The number of anilines is 1. The van der Waals surface area contributed by atoms with Crippen molar-refractivity contribution in [2.75, 3.05) is 5.43 Å². The molecule has 0 atom stereocenters. The lowest BCUT2D eigenvalue weighted by Crippen LogP contribution is -2.01. The Morgan fingerprint density at radius 3 is 2.61 bits per heavy atom. The minimum absolute atomic E-state index is 0.725. The van der Waals surface area contributed by atoms with Gasteiger partial charge in [-0.15, -0.1) is 11.3 Å². The molecule has 1 heterocycles. The highest BCUT2D eigenvalue weighted by molar-refractivity contribution is 7.14. The lowest BCUT2D eigenvalue weighted by atomic mass is 10.1. The Bertz CT molecular complexity index is 795. The van der Waals surface area contributed by atoms with Gasteiger partial charge < -0.3 is 0 Å². The van der Waals surface area contributed by atoms with Crippen LogP contribution in [-0.4, -0.2) is 10.7 Å². The molecule has 0 aliphatic heterocycles. The van der Waals surface area contributed by atoms with Crippen LogP contribution in [0.3, 0.4) is 0 Å². The van der Waals surface area contributed by atoms with Crippen LogP contribution in [0.1, 0.15) is 12.5 Å². The molecule has 1 aromatic heterocycles. The van der Waals surface area contributed by atoms with Crippen LogP contribution in [0.4, 0.5) is 5.13 Å². The highest BCUT2D eigenvalue weighted by Crippen LogP contribution is 2.25. The molecule has 0 amide bonds. The summed E-state index contributed by atoms with van der Waals surface area (Å²) in [5.74, 6) is 0. The Labute approximate surface area is 144 Å². The second-order valence-electron chi connectivity index (χ2n) is 5.17.